The number of benzene rings is 1. The van der Waals surface area contributed by atoms with Crippen molar-refractivity contribution in [3.8, 4) is 16.9 Å². The molecule has 1 aromatic carbocycles. The number of nitrogens with zero attached hydrogens (tertiary/aromatic N) is 1. The molecule has 1 heterocycles. The second kappa shape index (κ2) is 5.16. The Morgan fingerprint density at radius 3 is 2.25 bits per heavy atom. The molecule has 0 aliphatic heterocycles. The summed E-state index contributed by atoms with van der Waals surface area (Å²) < 4.78 is 7.10. The molecule has 0 N–H and O–H groups in total. The SMILES string of the molecule is COc1cc(-c2ccc(=O)n(C)c2)ccc1C(C)(C)C. The second-order valence-electron chi connectivity index (χ2n) is 6.03. The van der Waals surface area contributed by atoms with Gasteiger partial charge in [0, 0.05) is 19.3 Å². The highest BCUT2D eigenvalue weighted by atomic mass is 16.5. The number of pyridine rings is 1. The van der Waals surface area contributed by atoms with E-state index in [1.807, 2.05) is 18.3 Å². The van der Waals surface area contributed by atoms with Crippen LogP contribution in [0, 0.1) is 0 Å². The Labute approximate surface area is 119 Å². The van der Waals surface area contributed by atoms with Gasteiger partial charge < -0.3 is 9.30 Å². The molecule has 0 fully saturated rings. The Bertz CT molecular complexity index is 678. The van der Waals surface area contributed by atoms with Crippen LogP contribution < -0.4 is 10.3 Å². The predicted octanol–water partition coefficient (Wildman–Crippen LogP) is 3.36. The summed E-state index contributed by atoms with van der Waals surface area (Å²) in [6, 6.07) is 9.62. The molecule has 0 aliphatic carbocycles. The van der Waals surface area contributed by atoms with Crippen LogP contribution in [0.1, 0.15) is 26.3 Å². The molecule has 0 amide bonds. The van der Waals surface area contributed by atoms with E-state index in [9.17, 15) is 4.79 Å². The summed E-state index contributed by atoms with van der Waals surface area (Å²) >= 11 is 0. The van der Waals surface area contributed by atoms with Crippen molar-refractivity contribution in [2.24, 2.45) is 7.05 Å². The standard InChI is InChI=1S/C17H21NO2/c1-17(2,3)14-8-6-12(10-15(14)20-5)13-7-9-16(19)18(4)11-13/h6-11H,1-5H3. The second-order valence-corrected chi connectivity index (χ2v) is 6.03. The molecule has 0 saturated heterocycles. The summed E-state index contributed by atoms with van der Waals surface area (Å²) in [5, 5.41) is 0. The van der Waals surface area contributed by atoms with Crippen LogP contribution in [0.5, 0.6) is 5.75 Å². The van der Waals surface area contributed by atoms with Crippen LogP contribution >= 0.6 is 0 Å². The monoisotopic (exact) mass is 271 g/mol. The first-order valence-electron chi connectivity index (χ1n) is 6.68. The van der Waals surface area contributed by atoms with Crippen LogP contribution in [0.4, 0.5) is 0 Å². The molecule has 106 valence electrons. The smallest absolute Gasteiger partial charge is 0.250 e. The van der Waals surface area contributed by atoms with Crippen molar-refractivity contribution in [3.63, 3.8) is 0 Å². The lowest BCUT2D eigenvalue weighted by Gasteiger charge is -2.22. The van der Waals surface area contributed by atoms with Crippen molar-refractivity contribution < 1.29 is 4.74 Å². The van der Waals surface area contributed by atoms with Gasteiger partial charge in [0.1, 0.15) is 5.75 Å². The fourth-order valence-corrected chi connectivity index (χ4v) is 2.26. The summed E-state index contributed by atoms with van der Waals surface area (Å²) in [5.41, 5.74) is 3.25. The highest BCUT2D eigenvalue weighted by Crippen LogP contribution is 2.34. The molecule has 0 radical (unpaired) electrons. The maximum Gasteiger partial charge on any atom is 0.250 e. The third kappa shape index (κ3) is 2.77. The van der Waals surface area contributed by atoms with Crippen LogP contribution in [-0.2, 0) is 12.5 Å². The normalized spacial score (nSPS) is 11.4. The van der Waals surface area contributed by atoms with Crippen molar-refractivity contribution in [1.82, 2.24) is 4.57 Å². The van der Waals surface area contributed by atoms with E-state index in [2.05, 4.69) is 32.9 Å². The van der Waals surface area contributed by atoms with E-state index in [1.165, 1.54) is 5.56 Å². The van der Waals surface area contributed by atoms with Gasteiger partial charge in [-0.25, -0.2) is 0 Å². The van der Waals surface area contributed by atoms with Gasteiger partial charge in [-0.3, -0.25) is 4.79 Å². The summed E-state index contributed by atoms with van der Waals surface area (Å²) in [7, 11) is 3.45. The molecule has 1 aromatic heterocycles. The number of aryl methyl sites for hydroxylation is 1. The fourth-order valence-electron chi connectivity index (χ4n) is 2.26. The number of hydrogen-bond donors (Lipinski definition) is 0. The maximum atomic E-state index is 11.4. The Balaban J connectivity index is 2.54. The molecule has 0 unspecified atom stereocenters. The Morgan fingerprint density at radius 2 is 1.70 bits per heavy atom. The minimum Gasteiger partial charge on any atom is -0.496 e. The van der Waals surface area contributed by atoms with Crippen molar-refractivity contribution in [1.29, 1.82) is 0 Å². The van der Waals surface area contributed by atoms with Gasteiger partial charge in [0.25, 0.3) is 0 Å². The molecular formula is C17H21NO2. The van der Waals surface area contributed by atoms with E-state index in [-0.39, 0.29) is 11.0 Å². The molecule has 0 spiro atoms. The number of ether oxygens (including phenoxy) is 1. The van der Waals surface area contributed by atoms with Crippen LogP contribution in [0.15, 0.2) is 41.3 Å². The zero-order valence-electron chi connectivity index (χ0n) is 12.7. The van der Waals surface area contributed by atoms with E-state index >= 15 is 0 Å². The summed E-state index contributed by atoms with van der Waals surface area (Å²) in [6.45, 7) is 6.49. The molecule has 0 saturated carbocycles. The molecule has 0 bridgehead atoms. The van der Waals surface area contributed by atoms with Gasteiger partial charge in [-0.05, 0) is 34.2 Å². The van der Waals surface area contributed by atoms with Crippen molar-refractivity contribution in [2.75, 3.05) is 7.11 Å². The number of methoxy groups -OCH3 is 1. The number of rotatable bonds is 2. The van der Waals surface area contributed by atoms with E-state index < -0.39 is 0 Å². The van der Waals surface area contributed by atoms with Crippen molar-refractivity contribution in [2.45, 2.75) is 26.2 Å². The lowest BCUT2D eigenvalue weighted by Crippen LogP contribution is -2.14. The van der Waals surface area contributed by atoms with Gasteiger partial charge in [-0.15, -0.1) is 0 Å². The molecule has 3 heteroatoms. The molecule has 3 nitrogen and oxygen atoms in total. The third-order valence-electron chi connectivity index (χ3n) is 3.43. The van der Waals surface area contributed by atoms with Crippen molar-refractivity contribution in [3.05, 3.63) is 52.4 Å². The van der Waals surface area contributed by atoms with Crippen molar-refractivity contribution >= 4 is 0 Å². The highest BCUT2D eigenvalue weighted by molar-refractivity contribution is 5.65. The minimum absolute atomic E-state index is 0.00738. The van der Waals surface area contributed by atoms with Crippen LogP contribution in [-0.4, -0.2) is 11.7 Å². The first-order valence-corrected chi connectivity index (χ1v) is 6.68. The molecule has 0 atom stereocenters. The average Bonchev–Trinajstić information content (AvgIpc) is 2.40. The summed E-state index contributed by atoms with van der Waals surface area (Å²) in [6.07, 6.45) is 1.84. The van der Waals surface area contributed by atoms with Gasteiger partial charge in [0.15, 0.2) is 0 Å². The summed E-state index contributed by atoms with van der Waals surface area (Å²) in [4.78, 5) is 11.4. The molecule has 2 rings (SSSR count). The van der Waals surface area contributed by atoms with Gasteiger partial charge in [-0.2, -0.15) is 0 Å². The predicted molar refractivity (Wildman–Crippen MR) is 82.4 cm³/mol. The third-order valence-corrected chi connectivity index (χ3v) is 3.43. The van der Waals surface area contributed by atoms with Crippen LogP contribution in [0.2, 0.25) is 0 Å². The lowest BCUT2D eigenvalue weighted by atomic mass is 9.85. The maximum absolute atomic E-state index is 11.4. The van der Waals surface area contributed by atoms with E-state index in [0.717, 1.165) is 16.9 Å². The molecule has 20 heavy (non-hydrogen) atoms. The molecular weight excluding hydrogens is 250 g/mol. The minimum atomic E-state index is -0.00738. The topological polar surface area (TPSA) is 31.2 Å². The van der Waals surface area contributed by atoms with E-state index in [1.54, 1.807) is 24.8 Å². The highest BCUT2D eigenvalue weighted by Gasteiger charge is 2.19. The fraction of sp³-hybridized carbons (Fsp3) is 0.353. The lowest BCUT2D eigenvalue weighted by molar-refractivity contribution is 0.398. The van der Waals surface area contributed by atoms with Gasteiger partial charge in [0.05, 0.1) is 7.11 Å². The quantitative estimate of drug-likeness (QED) is 0.838. The van der Waals surface area contributed by atoms with Gasteiger partial charge in [0.2, 0.25) is 5.56 Å². The zero-order valence-corrected chi connectivity index (χ0v) is 12.7. The summed E-state index contributed by atoms with van der Waals surface area (Å²) in [5.74, 6) is 0.879. The largest absolute Gasteiger partial charge is 0.496 e. The average molecular weight is 271 g/mol. The van der Waals surface area contributed by atoms with E-state index in [0.29, 0.717) is 0 Å². The number of hydrogen-bond acceptors (Lipinski definition) is 2. The van der Waals surface area contributed by atoms with Crippen LogP contribution in [0.25, 0.3) is 11.1 Å². The van der Waals surface area contributed by atoms with Crippen LogP contribution in [0.3, 0.4) is 0 Å². The molecule has 2 aromatic rings. The molecule has 0 aliphatic rings. The number of aromatic nitrogens is 1. The Hall–Kier alpha value is -2.03. The zero-order chi connectivity index (χ0) is 14.9. The first kappa shape index (κ1) is 14.4. The Morgan fingerprint density at radius 1 is 1.05 bits per heavy atom. The van der Waals surface area contributed by atoms with Gasteiger partial charge in [-0.1, -0.05) is 32.9 Å². The first-order chi connectivity index (χ1) is 9.32. The van der Waals surface area contributed by atoms with E-state index in [4.69, 9.17) is 4.74 Å². The Kier molecular flexibility index (Phi) is 3.71. The van der Waals surface area contributed by atoms with Gasteiger partial charge >= 0.3 is 0 Å².